The van der Waals surface area contributed by atoms with Crippen LogP contribution < -0.4 is 11.1 Å². The number of nitrogens with two attached hydrogens (primary N) is 1. The number of nitrogens with one attached hydrogen (secondary N) is 1. The van der Waals surface area contributed by atoms with E-state index in [4.69, 9.17) is 5.73 Å². The van der Waals surface area contributed by atoms with Crippen molar-refractivity contribution in [3.8, 4) is 0 Å². The second kappa shape index (κ2) is 6.23. The molecule has 1 atom stereocenters. The van der Waals surface area contributed by atoms with Crippen LogP contribution in [0.2, 0.25) is 0 Å². The number of carbonyl (C=O) groups excluding carboxylic acids is 1. The number of amides is 1. The molecule has 1 aromatic rings. The Bertz CT molecular complexity index is 325. The van der Waals surface area contributed by atoms with Crippen molar-refractivity contribution < 1.29 is 4.79 Å². The van der Waals surface area contributed by atoms with E-state index in [-0.39, 0.29) is 24.4 Å². The van der Waals surface area contributed by atoms with Crippen LogP contribution in [0.4, 0.5) is 0 Å². The molecule has 1 aromatic heterocycles. The molecule has 1 heterocycles. The summed E-state index contributed by atoms with van der Waals surface area (Å²) < 4.78 is 0. The Labute approximate surface area is 106 Å². The molecule has 1 amide bonds. The van der Waals surface area contributed by atoms with Gasteiger partial charge in [-0.3, -0.25) is 4.79 Å². The zero-order valence-corrected chi connectivity index (χ0v) is 10.7. The van der Waals surface area contributed by atoms with Crippen LogP contribution in [-0.2, 0) is 11.2 Å². The van der Waals surface area contributed by atoms with Crippen LogP contribution in [-0.4, -0.2) is 18.5 Å². The van der Waals surface area contributed by atoms with E-state index in [1.807, 2.05) is 16.8 Å². The fourth-order valence-electron chi connectivity index (χ4n) is 1.56. The number of thiophene rings is 1. The minimum atomic E-state index is 0. The Balaban J connectivity index is 0.00000128. The molecule has 0 aliphatic heterocycles. The van der Waals surface area contributed by atoms with Crippen molar-refractivity contribution in [3.63, 3.8) is 0 Å². The molecule has 2 rings (SSSR count). The first kappa shape index (κ1) is 13.5. The minimum Gasteiger partial charge on any atom is -0.354 e. The molecule has 90 valence electrons. The highest BCUT2D eigenvalue weighted by atomic mass is 35.5. The van der Waals surface area contributed by atoms with Gasteiger partial charge in [0.2, 0.25) is 5.91 Å². The maximum atomic E-state index is 11.5. The lowest BCUT2D eigenvalue weighted by atomic mass is 10.2. The number of halogens is 1. The molecule has 1 fully saturated rings. The van der Waals surface area contributed by atoms with Gasteiger partial charge in [0.15, 0.2) is 0 Å². The smallest absolute Gasteiger partial charge is 0.224 e. The summed E-state index contributed by atoms with van der Waals surface area (Å²) in [4.78, 5) is 11.5. The van der Waals surface area contributed by atoms with E-state index < -0.39 is 0 Å². The van der Waals surface area contributed by atoms with Crippen molar-refractivity contribution in [1.29, 1.82) is 0 Å². The molecular formula is C11H17ClN2OS. The standard InChI is InChI=1S/C11H16N2OS.ClH/c12-10(9-1-2-9)6-13-11(14)5-8-3-4-15-7-8;/h3-4,7,9-10H,1-2,5-6,12H2,(H,13,14);1H. The molecule has 1 unspecified atom stereocenters. The molecule has 16 heavy (non-hydrogen) atoms. The first-order chi connectivity index (χ1) is 7.25. The monoisotopic (exact) mass is 260 g/mol. The quantitative estimate of drug-likeness (QED) is 0.844. The first-order valence-electron chi connectivity index (χ1n) is 5.29. The van der Waals surface area contributed by atoms with Crippen molar-refractivity contribution in [2.75, 3.05) is 6.54 Å². The summed E-state index contributed by atoms with van der Waals surface area (Å²) >= 11 is 1.62. The van der Waals surface area contributed by atoms with Gasteiger partial charge in [-0.15, -0.1) is 12.4 Å². The van der Waals surface area contributed by atoms with Gasteiger partial charge in [-0.05, 0) is 41.1 Å². The van der Waals surface area contributed by atoms with E-state index >= 15 is 0 Å². The average molecular weight is 261 g/mol. The van der Waals surface area contributed by atoms with Crippen LogP contribution in [0.25, 0.3) is 0 Å². The first-order valence-corrected chi connectivity index (χ1v) is 6.23. The molecule has 0 saturated heterocycles. The highest BCUT2D eigenvalue weighted by Crippen LogP contribution is 2.31. The third-order valence-electron chi connectivity index (χ3n) is 2.71. The van der Waals surface area contributed by atoms with E-state index in [9.17, 15) is 4.79 Å². The largest absolute Gasteiger partial charge is 0.354 e. The highest BCUT2D eigenvalue weighted by molar-refractivity contribution is 7.07. The Hall–Kier alpha value is -0.580. The molecule has 5 heteroatoms. The molecule has 1 aliphatic rings. The van der Waals surface area contributed by atoms with E-state index in [0.29, 0.717) is 18.9 Å². The molecule has 0 bridgehead atoms. The van der Waals surface area contributed by atoms with E-state index in [2.05, 4.69) is 5.32 Å². The van der Waals surface area contributed by atoms with E-state index in [1.54, 1.807) is 11.3 Å². The second-order valence-electron chi connectivity index (χ2n) is 4.11. The topological polar surface area (TPSA) is 55.1 Å². The highest BCUT2D eigenvalue weighted by Gasteiger charge is 2.28. The lowest BCUT2D eigenvalue weighted by molar-refractivity contribution is -0.120. The fraction of sp³-hybridized carbons (Fsp3) is 0.545. The summed E-state index contributed by atoms with van der Waals surface area (Å²) in [6.45, 7) is 0.619. The predicted molar refractivity (Wildman–Crippen MR) is 69.0 cm³/mol. The maximum Gasteiger partial charge on any atom is 0.224 e. The lowest BCUT2D eigenvalue weighted by Gasteiger charge is -2.11. The number of carbonyl (C=O) groups is 1. The summed E-state index contributed by atoms with van der Waals surface area (Å²) in [5.74, 6) is 0.718. The number of rotatable bonds is 5. The molecule has 3 N–H and O–H groups in total. The van der Waals surface area contributed by atoms with Crippen LogP contribution in [0, 0.1) is 5.92 Å². The Morgan fingerprint density at radius 3 is 2.94 bits per heavy atom. The van der Waals surface area contributed by atoms with Gasteiger partial charge in [-0.2, -0.15) is 11.3 Å². The zero-order valence-electron chi connectivity index (χ0n) is 9.02. The van der Waals surface area contributed by atoms with Gasteiger partial charge in [-0.25, -0.2) is 0 Å². The van der Waals surface area contributed by atoms with Crippen molar-refractivity contribution in [2.45, 2.75) is 25.3 Å². The van der Waals surface area contributed by atoms with Crippen LogP contribution in [0.5, 0.6) is 0 Å². The summed E-state index contributed by atoms with van der Waals surface area (Å²) in [6, 6.07) is 2.13. The summed E-state index contributed by atoms with van der Waals surface area (Å²) in [6.07, 6.45) is 2.92. The fourth-order valence-corrected chi connectivity index (χ4v) is 2.23. The lowest BCUT2D eigenvalue weighted by Crippen LogP contribution is -2.39. The number of hydrogen-bond donors (Lipinski definition) is 2. The van der Waals surface area contributed by atoms with Gasteiger partial charge >= 0.3 is 0 Å². The van der Waals surface area contributed by atoms with Crippen molar-refractivity contribution in [3.05, 3.63) is 22.4 Å². The minimum absolute atomic E-state index is 0. The van der Waals surface area contributed by atoms with Crippen LogP contribution in [0.3, 0.4) is 0 Å². The van der Waals surface area contributed by atoms with Gasteiger partial charge in [0.1, 0.15) is 0 Å². The van der Waals surface area contributed by atoms with Crippen molar-refractivity contribution >= 4 is 29.7 Å². The molecule has 0 aromatic carbocycles. The summed E-state index contributed by atoms with van der Waals surface area (Å²) in [5.41, 5.74) is 6.97. The Morgan fingerprint density at radius 1 is 1.62 bits per heavy atom. The van der Waals surface area contributed by atoms with Crippen LogP contribution in [0.15, 0.2) is 16.8 Å². The molecule has 3 nitrogen and oxygen atoms in total. The van der Waals surface area contributed by atoms with E-state index in [0.717, 1.165) is 5.56 Å². The van der Waals surface area contributed by atoms with Crippen molar-refractivity contribution in [2.24, 2.45) is 11.7 Å². The van der Waals surface area contributed by atoms with Gasteiger partial charge in [0, 0.05) is 12.6 Å². The molecule has 1 saturated carbocycles. The predicted octanol–water partition coefficient (Wildman–Crippen LogP) is 1.57. The second-order valence-corrected chi connectivity index (χ2v) is 4.89. The zero-order chi connectivity index (χ0) is 10.7. The van der Waals surface area contributed by atoms with Crippen molar-refractivity contribution in [1.82, 2.24) is 5.32 Å². The maximum absolute atomic E-state index is 11.5. The third-order valence-corrected chi connectivity index (χ3v) is 3.44. The van der Waals surface area contributed by atoms with Gasteiger partial charge in [-0.1, -0.05) is 0 Å². The normalized spacial score (nSPS) is 16.3. The summed E-state index contributed by atoms with van der Waals surface area (Å²) in [7, 11) is 0. The molecule has 1 aliphatic carbocycles. The summed E-state index contributed by atoms with van der Waals surface area (Å²) in [5, 5.41) is 6.87. The number of hydrogen-bond acceptors (Lipinski definition) is 3. The third kappa shape index (κ3) is 4.12. The van der Waals surface area contributed by atoms with Gasteiger partial charge in [0.05, 0.1) is 6.42 Å². The van der Waals surface area contributed by atoms with E-state index in [1.165, 1.54) is 12.8 Å². The average Bonchev–Trinajstić information content (AvgIpc) is 2.95. The Kier molecular flexibility index (Phi) is 5.25. The Morgan fingerprint density at radius 2 is 2.38 bits per heavy atom. The molecule has 0 radical (unpaired) electrons. The van der Waals surface area contributed by atoms with Crippen LogP contribution in [0.1, 0.15) is 18.4 Å². The SMILES string of the molecule is Cl.NC(CNC(=O)Cc1ccsc1)C1CC1. The van der Waals surface area contributed by atoms with Gasteiger partial charge in [0.25, 0.3) is 0 Å². The molecule has 0 spiro atoms. The van der Waals surface area contributed by atoms with Gasteiger partial charge < -0.3 is 11.1 Å². The molecular weight excluding hydrogens is 244 g/mol. The van der Waals surface area contributed by atoms with Crippen LogP contribution >= 0.6 is 23.7 Å².